The van der Waals surface area contributed by atoms with Gasteiger partial charge in [0.15, 0.2) is 5.82 Å². The van der Waals surface area contributed by atoms with E-state index in [1.165, 1.54) is 12.4 Å². The number of nitrogen functional groups attached to an aromatic ring is 1. The Morgan fingerprint density at radius 3 is 2.60 bits per heavy atom. The molecule has 0 saturated heterocycles. The first-order valence-corrected chi connectivity index (χ1v) is 6.86. The lowest BCUT2D eigenvalue weighted by Crippen LogP contribution is -2.27. The van der Waals surface area contributed by atoms with Crippen LogP contribution in [0.3, 0.4) is 0 Å². The number of nitrogens with one attached hydrogen (secondary N) is 2. The quantitative estimate of drug-likeness (QED) is 0.580. The Balaban J connectivity index is 2.08. The van der Waals surface area contributed by atoms with Crippen LogP contribution in [-0.2, 0) is 0 Å². The maximum absolute atomic E-state index is 12.1. The van der Waals surface area contributed by atoms with Crippen LogP contribution in [0.5, 0.6) is 0 Å². The van der Waals surface area contributed by atoms with E-state index in [-0.39, 0.29) is 17.6 Å². The van der Waals surface area contributed by atoms with Gasteiger partial charge in [-0.25, -0.2) is 20.8 Å². The normalized spacial score (nSPS) is 12.0. The van der Waals surface area contributed by atoms with Crippen molar-refractivity contribution in [2.75, 3.05) is 5.43 Å². The Morgan fingerprint density at radius 1 is 1.35 bits per heavy atom. The molecule has 0 aliphatic heterocycles. The average molecular weight is 292 g/mol. The second-order valence-electron chi connectivity index (χ2n) is 4.31. The molecule has 2 rings (SSSR count). The summed E-state index contributed by atoms with van der Waals surface area (Å²) < 4.78 is 0. The average Bonchev–Trinajstić information content (AvgIpc) is 2.78. The number of rotatable bonds is 4. The molecule has 20 heavy (non-hydrogen) atoms. The van der Waals surface area contributed by atoms with Crippen LogP contribution in [0.2, 0.25) is 0 Å². The number of hydrazine groups is 1. The smallest absolute Gasteiger partial charge is 0.271 e. The number of hydrogen-bond donors (Lipinski definition) is 3. The van der Waals surface area contributed by atoms with Gasteiger partial charge in [-0.2, -0.15) is 0 Å². The van der Waals surface area contributed by atoms with Gasteiger partial charge < -0.3 is 10.7 Å². The van der Waals surface area contributed by atoms with Crippen LogP contribution in [0.25, 0.3) is 0 Å². The Morgan fingerprint density at radius 2 is 2.10 bits per heavy atom. The largest absolute Gasteiger partial charge is 0.343 e. The molecule has 0 aliphatic carbocycles. The van der Waals surface area contributed by atoms with Gasteiger partial charge in [-0.3, -0.25) is 4.79 Å². The molecule has 2 aromatic heterocycles. The molecule has 0 radical (unpaired) electrons. The molecule has 2 heterocycles. The zero-order valence-electron chi connectivity index (χ0n) is 11.5. The molecule has 0 bridgehead atoms. The molecular weight excluding hydrogens is 276 g/mol. The highest BCUT2D eigenvalue weighted by molar-refractivity contribution is 7.11. The highest BCUT2D eigenvalue weighted by Gasteiger charge is 2.17. The highest BCUT2D eigenvalue weighted by atomic mass is 32.1. The first-order chi connectivity index (χ1) is 9.51. The molecule has 4 N–H and O–H groups in total. The lowest BCUT2D eigenvalue weighted by molar-refractivity contribution is 0.0935. The Hall–Kier alpha value is -2.06. The minimum Gasteiger partial charge on any atom is -0.343 e. The Labute approximate surface area is 120 Å². The van der Waals surface area contributed by atoms with Crippen molar-refractivity contribution in [2.45, 2.75) is 26.8 Å². The van der Waals surface area contributed by atoms with E-state index in [4.69, 9.17) is 5.84 Å². The molecular formula is C12H16N6OS. The summed E-state index contributed by atoms with van der Waals surface area (Å²) in [5, 5.41) is 3.86. The van der Waals surface area contributed by atoms with Crippen molar-refractivity contribution in [3.63, 3.8) is 0 Å². The summed E-state index contributed by atoms with van der Waals surface area (Å²) in [5.41, 5.74) is 3.54. The predicted octanol–water partition coefficient (Wildman–Crippen LogP) is 1.33. The SMILES string of the molecule is Cc1nc(C)c(C(C)NC(=O)c2cnc(NN)cn2)s1. The van der Waals surface area contributed by atoms with Crippen LogP contribution in [0.4, 0.5) is 5.82 Å². The molecule has 0 aliphatic rings. The van der Waals surface area contributed by atoms with Crippen molar-refractivity contribution in [3.8, 4) is 0 Å². The number of anilines is 1. The summed E-state index contributed by atoms with van der Waals surface area (Å²) >= 11 is 1.58. The van der Waals surface area contributed by atoms with Gasteiger partial charge in [-0.15, -0.1) is 11.3 Å². The number of carbonyl (C=O) groups excluding carboxylic acids is 1. The first-order valence-electron chi connectivity index (χ1n) is 6.04. The van der Waals surface area contributed by atoms with Crippen LogP contribution in [0.15, 0.2) is 12.4 Å². The monoisotopic (exact) mass is 292 g/mol. The highest BCUT2D eigenvalue weighted by Crippen LogP contribution is 2.24. The Bertz CT molecular complexity index is 609. The van der Waals surface area contributed by atoms with E-state index in [2.05, 4.69) is 25.7 Å². The molecule has 1 amide bonds. The van der Waals surface area contributed by atoms with Crippen molar-refractivity contribution < 1.29 is 4.79 Å². The third-order valence-corrected chi connectivity index (χ3v) is 3.97. The van der Waals surface area contributed by atoms with Gasteiger partial charge in [-0.1, -0.05) is 0 Å². The van der Waals surface area contributed by atoms with Gasteiger partial charge in [0, 0.05) is 4.88 Å². The lowest BCUT2D eigenvalue weighted by atomic mass is 10.2. The lowest BCUT2D eigenvalue weighted by Gasteiger charge is -2.12. The first kappa shape index (κ1) is 14.4. The number of nitrogens with two attached hydrogens (primary N) is 1. The third-order valence-electron chi connectivity index (χ3n) is 2.71. The van der Waals surface area contributed by atoms with Gasteiger partial charge in [0.1, 0.15) is 5.69 Å². The number of carbonyl (C=O) groups is 1. The molecule has 0 spiro atoms. The summed E-state index contributed by atoms with van der Waals surface area (Å²) in [6.07, 6.45) is 2.78. The molecule has 106 valence electrons. The van der Waals surface area contributed by atoms with Gasteiger partial charge in [0.05, 0.1) is 29.1 Å². The van der Waals surface area contributed by atoms with Gasteiger partial charge in [0.25, 0.3) is 5.91 Å². The molecule has 2 aromatic rings. The standard InChI is InChI=1S/C12H16N6OS/c1-6-11(20-8(3)16-6)7(2)17-12(19)9-4-15-10(18-13)5-14-9/h4-5,7H,13H2,1-3H3,(H,15,18)(H,17,19). The molecule has 1 atom stereocenters. The second-order valence-corrected chi connectivity index (χ2v) is 5.54. The number of thiazole rings is 1. The molecule has 8 heteroatoms. The van der Waals surface area contributed by atoms with Crippen LogP contribution in [-0.4, -0.2) is 20.9 Å². The Kier molecular flexibility index (Phi) is 4.26. The summed E-state index contributed by atoms with van der Waals surface area (Å²) in [7, 11) is 0. The fourth-order valence-electron chi connectivity index (χ4n) is 1.80. The zero-order chi connectivity index (χ0) is 14.7. The fraction of sp³-hybridized carbons (Fsp3) is 0.333. The van der Waals surface area contributed by atoms with Crippen molar-refractivity contribution >= 4 is 23.1 Å². The summed E-state index contributed by atoms with van der Waals surface area (Å²) in [6, 6.07) is -0.122. The van der Waals surface area contributed by atoms with E-state index < -0.39 is 0 Å². The molecule has 0 fully saturated rings. The molecule has 7 nitrogen and oxygen atoms in total. The van der Waals surface area contributed by atoms with Gasteiger partial charge >= 0.3 is 0 Å². The second kappa shape index (κ2) is 5.93. The van der Waals surface area contributed by atoms with Crippen molar-refractivity contribution in [3.05, 3.63) is 33.7 Å². The number of aryl methyl sites for hydroxylation is 2. The predicted molar refractivity (Wildman–Crippen MR) is 77.3 cm³/mol. The van der Waals surface area contributed by atoms with Crippen LogP contribution in [0.1, 0.15) is 39.0 Å². The molecule has 0 saturated carbocycles. The zero-order valence-corrected chi connectivity index (χ0v) is 12.3. The molecule has 0 aromatic carbocycles. The fourth-order valence-corrected chi connectivity index (χ4v) is 2.73. The van der Waals surface area contributed by atoms with Crippen LogP contribution < -0.4 is 16.6 Å². The van der Waals surface area contributed by atoms with E-state index in [1.807, 2.05) is 20.8 Å². The van der Waals surface area contributed by atoms with Gasteiger partial charge in [-0.05, 0) is 20.8 Å². The number of nitrogens with zero attached hydrogens (tertiary/aromatic N) is 3. The number of hydrogen-bond acceptors (Lipinski definition) is 7. The van der Waals surface area contributed by atoms with E-state index in [1.54, 1.807) is 11.3 Å². The minimum atomic E-state index is -0.279. The van der Waals surface area contributed by atoms with E-state index in [0.717, 1.165) is 15.6 Å². The van der Waals surface area contributed by atoms with Crippen molar-refractivity contribution in [1.82, 2.24) is 20.3 Å². The topological polar surface area (TPSA) is 106 Å². The maximum atomic E-state index is 12.1. The van der Waals surface area contributed by atoms with Crippen LogP contribution >= 0.6 is 11.3 Å². The van der Waals surface area contributed by atoms with Gasteiger partial charge in [0.2, 0.25) is 0 Å². The number of amides is 1. The van der Waals surface area contributed by atoms with Crippen molar-refractivity contribution in [1.29, 1.82) is 0 Å². The van der Waals surface area contributed by atoms with Crippen LogP contribution in [0, 0.1) is 13.8 Å². The minimum absolute atomic E-state index is 0.122. The summed E-state index contributed by atoms with van der Waals surface area (Å²) in [6.45, 7) is 5.80. The maximum Gasteiger partial charge on any atom is 0.271 e. The van der Waals surface area contributed by atoms with E-state index in [9.17, 15) is 4.79 Å². The summed E-state index contributed by atoms with van der Waals surface area (Å²) in [4.78, 5) is 25.4. The van der Waals surface area contributed by atoms with E-state index in [0.29, 0.717) is 5.82 Å². The third kappa shape index (κ3) is 3.09. The summed E-state index contributed by atoms with van der Waals surface area (Å²) in [5.74, 6) is 5.32. The molecule has 1 unspecified atom stereocenters. The van der Waals surface area contributed by atoms with Crippen molar-refractivity contribution in [2.24, 2.45) is 5.84 Å². The number of aromatic nitrogens is 3. The van der Waals surface area contributed by atoms with E-state index >= 15 is 0 Å².